The summed E-state index contributed by atoms with van der Waals surface area (Å²) >= 11 is 0. The molecule has 6 N–H and O–H groups in total. The van der Waals surface area contributed by atoms with Crippen LogP contribution in [0.25, 0.3) is 0 Å². The third-order valence-electron chi connectivity index (χ3n) is 2.87. The van der Waals surface area contributed by atoms with Crippen molar-refractivity contribution in [2.24, 2.45) is 11.6 Å². The largest absolute Gasteiger partial charge is 0.497 e. The quantitative estimate of drug-likeness (QED) is 0.163. The number of anilines is 2. The van der Waals surface area contributed by atoms with E-state index in [0.29, 0.717) is 23.4 Å². The normalized spacial score (nSPS) is 11.4. The van der Waals surface area contributed by atoms with Gasteiger partial charge in [-0.25, -0.2) is 10.6 Å². The van der Waals surface area contributed by atoms with E-state index in [2.05, 4.69) is 0 Å². The zero-order valence-electron chi connectivity index (χ0n) is 12.5. The number of ether oxygens (including phenoxy) is 2. The lowest BCUT2D eigenvalue weighted by Crippen LogP contribution is -2.35. The lowest BCUT2D eigenvalue weighted by atomic mass is 10.2. The number of allylic oxidation sites excluding steroid dienone is 1. The van der Waals surface area contributed by atoms with Gasteiger partial charge < -0.3 is 25.7 Å². The zero-order chi connectivity index (χ0) is 16.7. The highest BCUT2D eigenvalue weighted by Gasteiger charge is 2.20. The number of benzene rings is 1. The van der Waals surface area contributed by atoms with Crippen LogP contribution in [0.15, 0.2) is 29.6 Å². The minimum absolute atomic E-state index is 0.0911. The summed E-state index contributed by atoms with van der Waals surface area (Å²) in [7, 11) is 1.49. The molecular weight excluding hydrogens is 288 g/mol. The standard InChI is InChI=1S/C14H20N4O4/c1-3-22-14(20)13(16)11(6-7-19)18(17)12-8-9(21-2)4-5-10(12)15/h4-5,7-8H,3,6,15-17H2,1-2H3/b13-11-. The molecule has 1 aromatic rings. The van der Waals surface area contributed by atoms with Gasteiger partial charge in [-0.2, -0.15) is 0 Å². The van der Waals surface area contributed by atoms with Crippen LogP contribution in [-0.4, -0.2) is 26.0 Å². The lowest BCUT2D eigenvalue weighted by molar-refractivity contribution is -0.138. The van der Waals surface area contributed by atoms with E-state index in [4.69, 9.17) is 26.8 Å². The van der Waals surface area contributed by atoms with Crippen molar-refractivity contribution in [3.05, 3.63) is 29.6 Å². The summed E-state index contributed by atoms with van der Waals surface area (Å²) in [5.41, 5.74) is 12.1. The van der Waals surface area contributed by atoms with Gasteiger partial charge in [-0.1, -0.05) is 0 Å². The number of hydrogen-bond acceptors (Lipinski definition) is 8. The Hall–Kier alpha value is -2.74. The maximum Gasteiger partial charge on any atom is 0.356 e. The number of hydrogen-bond donors (Lipinski definition) is 3. The van der Waals surface area contributed by atoms with Gasteiger partial charge in [0.25, 0.3) is 0 Å². The van der Waals surface area contributed by atoms with Crippen molar-refractivity contribution in [2.75, 3.05) is 24.5 Å². The minimum Gasteiger partial charge on any atom is -0.497 e. The lowest BCUT2D eigenvalue weighted by Gasteiger charge is -2.24. The van der Waals surface area contributed by atoms with E-state index >= 15 is 0 Å². The highest BCUT2D eigenvalue weighted by atomic mass is 16.5. The number of nitrogens with two attached hydrogens (primary N) is 3. The van der Waals surface area contributed by atoms with Crippen LogP contribution in [0.3, 0.4) is 0 Å². The SMILES string of the molecule is CCOC(=O)/C(N)=C(\CC=O)N(N)c1cc(OC)ccc1N. The van der Waals surface area contributed by atoms with Crippen LogP contribution in [0, 0.1) is 0 Å². The van der Waals surface area contributed by atoms with Crippen molar-refractivity contribution in [3.63, 3.8) is 0 Å². The summed E-state index contributed by atoms with van der Waals surface area (Å²) in [6.07, 6.45) is 0.412. The maximum atomic E-state index is 11.7. The molecular formula is C14H20N4O4. The van der Waals surface area contributed by atoms with Gasteiger partial charge in [0.2, 0.25) is 0 Å². The van der Waals surface area contributed by atoms with Crippen LogP contribution in [0.1, 0.15) is 13.3 Å². The Morgan fingerprint density at radius 2 is 2.09 bits per heavy atom. The van der Waals surface area contributed by atoms with Crippen LogP contribution >= 0.6 is 0 Å². The molecule has 0 aliphatic rings. The molecule has 8 heteroatoms. The zero-order valence-corrected chi connectivity index (χ0v) is 12.5. The number of aldehydes is 1. The molecule has 1 aromatic carbocycles. The topological polar surface area (TPSA) is 134 Å². The van der Waals surface area contributed by atoms with E-state index in [9.17, 15) is 9.59 Å². The number of rotatable bonds is 7. The number of nitrogens with zero attached hydrogens (tertiary/aromatic N) is 1. The number of esters is 1. The van der Waals surface area contributed by atoms with Gasteiger partial charge in [0.05, 0.1) is 30.8 Å². The molecule has 22 heavy (non-hydrogen) atoms. The molecule has 0 radical (unpaired) electrons. The van der Waals surface area contributed by atoms with Gasteiger partial charge in [0.15, 0.2) is 0 Å². The first kappa shape index (κ1) is 17.3. The highest BCUT2D eigenvalue weighted by Crippen LogP contribution is 2.29. The van der Waals surface area contributed by atoms with Crippen LogP contribution in [-0.2, 0) is 14.3 Å². The Labute approximate surface area is 128 Å². The smallest absolute Gasteiger partial charge is 0.356 e. The molecule has 0 heterocycles. The second-order valence-electron chi connectivity index (χ2n) is 4.25. The molecule has 0 amide bonds. The summed E-state index contributed by atoms with van der Waals surface area (Å²) < 4.78 is 9.92. The number of carbonyl (C=O) groups is 2. The second kappa shape index (κ2) is 7.89. The molecule has 0 aliphatic carbocycles. The molecule has 0 fully saturated rings. The fourth-order valence-electron chi connectivity index (χ4n) is 1.75. The summed E-state index contributed by atoms with van der Waals surface area (Å²) in [5, 5.41) is 1.08. The van der Waals surface area contributed by atoms with Gasteiger partial charge >= 0.3 is 5.97 Å². The van der Waals surface area contributed by atoms with E-state index in [1.54, 1.807) is 25.1 Å². The van der Waals surface area contributed by atoms with Crippen molar-refractivity contribution < 1.29 is 19.1 Å². The van der Waals surface area contributed by atoms with Gasteiger partial charge in [-0.3, -0.25) is 5.01 Å². The molecule has 0 aromatic heterocycles. The van der Waals surface area contributed by atoms with E-state index in [0.717, 1.165) is 5.01 Å². The van der Waals surface area contributed by atoms with E-state index in [-0.39, 0.29) is 24.4 Å². The van der Waals surface area contributed by atoms with Crippen LogP contribution in [0.4, 0.5) is 11.4 Å². The predicted octanol–water partition coefficient (Wildman–Crippen LogP) is 0.280. The van der Waals surface area contributed by atoms with Crippen LogP contribution < -0.4 is 27.1 Å². The van der Waals surface area contributed by atoms with E-state index in [1.807, 2.05) is 0 Å². The van der Waals surface area contributed by atoms with E-state index in [1.165, 1.54) is 7.11 Å². The Morgan fingerprint density at radius 1 is 1.41 bits per heavy atom. The first-order valence-electron chi connectivity index (χ1n) is 6.53. The fraction of sp³-hybridized carbons (Fsp3) is 0.286. The molecule has 8 nitrogen and oxygen atoms in total. The van der Waals surface area contributed by atoms with Crippen LogP contribution in [0.5, 0.6) is 5.75 Å². The Morgan fingerprint density at radius 3 is 2.64 bits per heavy atom. The Balaban J connectivity index is 3.29. The first-order valence-corrected chi connectivity index (χ1v) is 6.53. The molecule has 0 spiro atoms. The molecule has 0 unspecified atom stereocenters. The van der Waals surface area contributed by atoms with E-state index < -0.39 is 5.97 Å². The number of carbonyl (C=O) groups excluding carboxylic acids is 2. The van der Waals surface area contributed by atoms with Gasteiger partial charge in [0, 0.05) is 12.5 Å². The summed E-state index contributed by atoms with van der Waals surface area (Å²) in [5.74, 6) is 5.74. The molecule has 0 aliphatic heterocycles. The average Bonchev–Trinajstić information content (AvgIpc) is 2.52. The predicted molar refractivity (Wildman–Crippen MR) is 82.6 cm³/mol. The third kappa shape index (κ3) is 3.89. The summed E-state index contributed by atoms with van der Waals surface area (Å²) in [6.45, 7) is 1.80. The van der Waals surface area contributed by atoms with Crippen molar-refractivity contribution in [1.82, 2.24) is 0 Å². The van der Waals surface area contributed by atoms with Crippen LogP contribution in [0.2, 0.25) is 0 Å². The molecule has 0 bridgehead atoms. The first-order chi connectivity index (χ1) is 10.5. The molecule has 0 saturated heterocycles. The fourth-order valence-corrected chi connectivity index (χ4v) is 1.75. The molecule has 0 saturated carbocycles. The summed E-state index contributed by atoms with van der Waals surface area (Å²) in [6, 6.07) is 4.82. The van der Waals surface area contributed by atoms with Gasteiger partial charge in [-0.05, 0) is 19.1 Å². The average molecular weight is 308 g/mol. The number of nitrogen functional groups attached to an aromatic ring is 1. The van der Waals surface area contributed by atoms with Crippen molar-refractivity contribution in [1.29, 1.82) is 0 Å². The van der Waals surface area contributed by atoms with Crippen molar-refractivity contribution in [2.45, 2.75) is 13.3 Å². The van der Waals surface area contributed by atoms with Gasteiger partial charge in [0.1, 0.15) is 17.7 Å². The number of methoxy groups -OCH3 is 1. The van der Waals surface area contributed by atoms with Crippen molar-refractivity contribution in [3.8, 4) is 5.75 Å². The Bertz CT molecular complexity index is 586. The third-order valence-corrected chi connectivity index (χ3v) is 2.87. The second-order valence-corrected chi connectivity index (χ2v) is 4.25. The monoisotopic (exact) mass is 308 g/mol. The summed E-state index contributed by atoms with van der Waals surface area (Å²) in [4.78, 5) is 22.6. The Kier molecular flexibility index (Phi) is 6.21. The maximum absolute atomic E-state index is 11.7. The van der Waals surface area contributed by atoms with Crippen molar-refractivity contribution >= 4 is 23.6 Å². The number of hydrazine groups is 1. The van der Waals surface area contributed by atoms with Gasteiger partial charge in [-0.15, -0.1) is 0 Å². The molecule has 1 rings (SSSR count). The molecule has 120 valence electrons. The highest BCUT2D eigenvalue weighted by molar-refractivity contribution is 5.90. The molecule has 0 atom stereocenters. The minimum atomic E-state index is -0.753.